The molecule has 0 unspecified atom stereocenters. The third-order valence-corrected chi connectivity index (χ3v) is 4.72. The van der Waals surface area contributed by atoms with E-state index < -0.39 is 0 Å². The molecule has 0 saturated heterocycles. The minimum atomic E-state index is -0.0687. The molecule has 0 atom stereocenters. The van der Waals surface area contributed by atoms with Gasteiger partial charge in [-0.3, -0.25) is 4.98 Å². The smallest absolute Gasteiger partial charge is 0.315 e. The van der Waals surface area contributed by atoms with Crippen LogP contribution in [0.5, 0.6) is 0 Å². The molecule has 1 aliphatic carbocycles. The molecule has 2 heterocycles. The molecule has 4 nitrogen and oxygen atoms in total. The second-order valence-corrected chi connectivity index (χ2v) is 6.50. The van der Waals surface area contributed by atoms with Crippen molar-refractivity contribution in [3.63, 3.8) is 0 Å². The van der Waals surface area contributed by atoms with Gasteiger partial charge >= 0.3 is 6.03 Å². The molecule has 1 aliphatic rings. The van der Waals surface area contributed by atoms with Gasteiger partial charge in [0, 0.05) is 29.7 Å². The highest BCUT2D eigenvalue weighted by molar-refractivity contribution is 7.08. The average Bonchev–Trinajstić information content (AvgIpc) is 3.09. The normalized spacial score (nSPS) is 15.5. The Morgan fingerprint density at radius 2 is 2.14 bits per heavy atom. The Morgan fingerprint density at radius 1 is 1.27 bits per heavy atom. The number of amides is 2. The summed E-state index contributed by atoms with van der Waals surface area (Å²) in [5.41, 5.74) is 3.14. The van der Waals surface area contributed by atoms with Gasteiger partial charge in [-0.1, -0.05) is 19.3 Å². The summed E-state index contributed by atoms with van der Waals surface area (Å²) in [5, 5.41) is 10.1. The molecule has 0 spiro atoms. The summed E-state index contributed by atoms with van der Waals surface area (Å²) in [6.07, 6.45) is 7.74. The molecule has 22 heavy (non-hydrogen) atoms. The number of thiophene rings is 1. The number of carbonyl (C=O) groups excluding carboxylic acids is 1. The van der Waals surface area contributed by atoms with E-state index >= 15 is 0 Å². The van der Waals surface area contributed by atoms with E-state index in [1.165, 1.54) is 19.3 Å². The molecule has 2 aromatic heterocycles. The summed E-state index contributed by atoms with van der Waals surface area (Å²) < 4.78 is 0. The molecular formula is C17H21N3OS. The Balaban J connectivity index is 1.52. The van der Waals surface area contributed by atoms with Crippen LogP contribution in [0.4, 0.5) is 4.79 Å². The number of hydrogen-bond acceptors (Lipinski definition) is 3. The van der Waals surface area contributed by atoms with E-state index in [2.05, 4.69) is 27.1 Å². The minimum Gasteiger partial charge on any atom is -0.335 e. The number of pyridine rings is 1. The Kier molecular flexibility index (Phi) is 5.06. The summed E-state index contributed by atoms with van der Waals surface area (Å²) >= 11 is 1.66. The minimum absolute atomic E-state index is 0.0687. The quantitative estimate of drug-likeness (QED) is 0.898. The molecule has 0 aliphatic heterocycles. The fourth-order valence-corrected chi connectivity index (χ4v) is 3.47. The van der Waals surface area contributed by atoms with Crippen molar-refractivity contribution in [1.29, 1.82) is 0 Å². The molecule has 2 N–H and O–H groups in total. The van der Waals surface area contributed by atoms with E-state index in [-0.39, 0.29) is 6.03 Å². The summed E-state index contributed by atoms with van der Waals surface area (Å²) in [6.45, 7) is 0.526. The van der Waals surface area contributed by atoms with Crippen LogP contribution in [0.2, 0.25) is 0 Å². The van der Waals surface area contributed by atoms with Crippen LogP contribution in [0.25, 0.3) is 11.3 Å². The van der Waals surface area contributed by atoms with Crippen molar-refractivity contribution in [2.45, 2.75) is 44.7 Å². The second-order valence-electron chi connectivity index (χ2n) is 5.72. The van der Waals surface area contributed by atoms with E-state index in [9.17, 15) is 4.79 Å². The summed E-state index contributed by atoms with van der Waals surface area (Å²) in [4.78, 5) is 16.3. The fraction of sp³-hybridized carbons (Fsp3) is 0.412. The van der Waals surface area contributed by atoms with Crippen molar-refractivity contribution in [2.24, 2.45) is 0 Å². The van der Waals surface area contributed by atoms with Crippen LogP contribution in [0.3, 0.4) is 0 Å². The van der Waals surface area contributed by atoms with Gasteiger partial charge in [0.15, 0.2) is 0 Å². The topological polar surface area (TPSA) is 54.0 Å². The lowest BCUT2D eigenvalue weighted by atomic mass is 9.96. The van der Waals surface area contributed by atoms with Gasteiger partial charge in [-0.05, 0) is 42.0 Å². The van der Waals surface area contributed by atoms with Crippen molar-refractivity contribution in [3.8, 4) is 11.3 Å². The molecule has 1 saturated carbocycles. The molecule has 0 radical (unpaired) electrons. The van der Waals surface area contributed by atoms with Gasteiger partial charge in [-0.25, -0.2) is 4.79 Å². The van der Waals surface area contributed by atoms with Crippen LogP contribution >= 0.6 is 11.3 Å². The van der Waals surface area contributed by atoms with Gasteiger partial charge in [0.25, 0.3) is 0 Å². The van der Waals surface area contributed by atoms with Crippen molar-refractivity contribution in [3.05, 3.63) is 40.7 Å². The van der Waals surface area contributed by atoms with Crippen molar-refractivity contribution >= 4 is 17.4 Å². The molecule has 0 bridgehead atoms. The van der Waals surface area contributed by atoms with Crippen LogP contribution in [0.15, 0.2) is 35.2 Å². The van der Waals surface area contributed by atoms with Crippen LogP contribution in [0.1, 0.15) is 37.7 Å². The average molecular weight is 315 g/mol. The van der Waals surface area contributed by atoms with E-state index in [1.54, 1.807) is 17.5 Å². The fourth-order valence-electron chi connectivity index (χ4n) is 2.82. The second kappa shape index (κ2) is 7.40. The number of carbonyl (C=O) groups is 1. The van der Waals surface area contributed by atoms with E-state index in [0.717, 1.165) is 29.7 Å². The van der Waals surface area contributed by atoms with Crippen molar-refractivity contribution in [2.75, 3.05) is 0 Å². The van der Waals surface area contributed by atoms with Gasteiger partial charge < -0.3 is 10.6 Å². The van der Waals surface area contributed by atoms with Gasteiger partial charge in [0.2, 0.25) is 0 Å². The Bertz CT molecular complexity index is 606. The van der Waals surface area contributed by atoms with E-state index in [1.807, 2.05) is 17.5 Å². The number of urea groups is 1. The van der Waals surface area contributed by atoms with Crippen LogP contribution < -0.4 is 10.6 Å². The first-order chi connectivity index (χ1) is 10.8. The lowest BCUT2D eigenvalue weighted by Crippen LogP contribution is -2.42. The molecule has 1 fully saturated rings. The highest BCUT2D eigenvalue weighted by Gasteiger charge is 2.15. The number of nitrogens with one attached hydrogen (secondary N) is 2. The van der Waals surface area contributed by atoms with Crippen molar-refractivity contribution in [1.82, 2.24) is 15.6 Å². The molecule has 2 aromatic rings. The monoisotopic (exact) mass is 315 g/mol. The largest absolute Gasteiger partial charge is 0.335 e. The summed E-state index contributed by atoms with van der Waals surface area (Å²) in [6, 6.07) is 6.30. The Labute approximate surface area is 135 Å². The number of aromatic nitrogens is 1. The Morgan fingerprint density at radius 3 is 2.91 bits per heavy atom. The predicted octanol–water partition coefficient (Wildman–Crippen LogP) is 3.94. The SMILES string of the molecule is O=C(NCc1ccnc(-c2ccsc2)c1)NC1CCCCC1. The zero-order chi connectivity index (χ0) is 15.2. The first-order valence-electron chi connectivity index (χ1n) is 7.83. The lowest BCUT2D eigenvalue weighted by molar-refractivity contribution is 0.232. The van der Waals surface area contributed by atoms with Crippen LogP contribution in [-0.2, 0) is 6.54 Å². The standard InChI is InChI=1S/C17H21N3OS/c21-17(20-15-4-2-1-3-5-15)19-11-13-6-8-18-16(10-13)14-7-9-22-12-14/h6-10,12,15H,1-5,11H2,(H2,19,20,21). The van der Waals surface area contributed by atoms with Crippen molar-refractivity contribution < 1.29 is 4.79 Å². The number of nitrogens with zero attached hydrogens (tertiary/aromatic N) is 1. The Hall–Kier alpha value is -1.88. The van der Waals surface area contributed by atoms with Gasteiger partial charge in [-0.15, -0.1) is 0 Å². The third-order valence-electron chi connectivity index (χ3n) is 4.03. The number of rotatable bonds is 4. The first kappa shape index (κ1) is 15.0. The van der Waals surface area contributed by atoms with E-state index in [0.29, 0.717) is 12.6 Å². The zero-order valence-corrected chi connectivity index (χ0v) is 13.4. The lowest BCUT2D eigenvalue weighted by Gasteiger charge is -2.22. The highest BCUT2D eigenvalue weighted by Crippen LogP contribution is 2.20. The van der Waals surface area contributed by atoms with Gasteiger partial charge in [0.05, 0.1) is 5.69 Å². The number of hydrogen-bond donors (Lipinski definition) is 2. The maximum atomic E-state index is 12.0. The molecular weight excluding hydrogens is 294 g/mol. The van der Waals surface area contributed by atoms with Crippen LogP contribution in [-0.4, -0.2) is 17.1 Å². The third kappa shape index (κ3) is 4.07. The maximum absolute atomic E-state index is 12.0. The maximum Gasteiger partial charge on any atom is 0.315 e. The molecule has 2 amide bonds. The molecule has 116 valence electrons. The molecule has 5 heteroatoms. The zero-order valence-electron chi connectivity index (χ0n) is 12.5. The van der Waals surface area contributed by atoms with Gasteiger partial charge in [-0.2, -0.15) is 11.3 Å². The van der Waals surface area contributed by atoms with Crippen LogP contribution in [0, 0.1) is 0 Å². The summed E-state index contributed by atoms with van der Waals surface area (Å²) in [7, 11) is 0. The predicted molar refractivity (Wildman–Crippen MR) is 89.8 cm³/mol. The molecule has 3 rings (SSSR count). The first-order valence-corrected chi connectivity index (χ1v) is 8.77. The summed E-state index contributed by atoms with van der Waals surface area (Å²) in [5.74, 6) is 0. The van der Waals surface area contributed by atoms with Gasteiger partial charge in [0.1, 0.15) is 0 Å². The highest BCUT2D eigenvalue weighted by atomic mass is 32.1. The van der Waals surface area contributed by atoms with E-state index in [4.69, 9.17) is 0 Å². The molecule has 0 aromatic carbocycles.